The van der Waals surface area contributed by atoms with Gasteiger partial charge in [-0.2, -0.15) is 4.31 Å². The van der Waals surface area contributed by atoms with Crippen molar-refractivity contribution in [3.63, 3.8) is 0 Å². The lowest BCUT2D eigenvalue weighted by Crippen LogP contribution is -2.33. The van der Waals surface area contributed by atoms with Crippen molar-refractivity contribution in [3.8, 4) is 0 Å². The van der Waals surface area contributed by atoms with Gasteiger partial charge >= 0.3 is 0 Å². The highest BCUT2D eigenvalue weighted by atomic mass is 32.2. The molecule has 7 nitrogen and oxygen atoms in total. The van der Waals surface area contributed by atoms with E-state index < -0.39 is 15.9 Å². The average molecular weight is 472 g/mol. The lowest BCUT2D eigenvalue weighted by atomic mass is 10.0. The van der Waals surface area contributed by atoms with Crippen LogP contribution >= 0.6 is 0 Å². The van der Waals surface area contributed by atoms with Gasteiger partial charge in [0.15, 0.2) is 0 Å². The molecule has 1 aliphatic heterocycles. The molecular formula is C25H33N3O4S. The zero-order chi connectivity index (χ0) is 24.3. The van der Waals surface area contributed by atoms with Gasteiger partial charge in [-0.1, -0.05) is 38.1 Å². The summed E-state index contributed by atoms with van der Waals surface area (Å²) in [4.78, 5) is 27.2. The first-order valence-electron chi connectivity index (χ1n) is 11.3. The maximum Gasteiger partial charge on any atom is 0.243 e. The molecule has 8 heteroatoms. The fraction of sp³-hybridized carbons (Fsp3) is 0.440. The monoisotopic (exact) mass is 471 g/mol. The third-order valence-electron chi connectivity index (χ3n) is 6.14. The van der Waals surface area contributed by atoms with Crippen molar-refractivity contribution in [1.29, 1.82) is 0 Å². The molecule has 1 N–H and O–H groups in total. The Kier molecular flexibility index (Phi) is 7.59. The minimum atomic E-state index is -3.54. The van der Waals surface area contributed by atoms with Crippen LogP contribution in [0.1, 0.15) is 51.2 Å². The Labute approximate surface area is 196 Å². The smallest absolute Gasteiger partial charge is 0.243 e. The highest BCUT2D eigenvalue weighted by Crippen LogP contribution is 2.28. The van der Waals surface area contributed by atoms with Crippen LogP contribution in [-0.4, -0.2) is 44.2 Å². The van der Waals surface area contributed by atoms with E-state index in [1.807, 2.05) is 38.1 Å². The molecule has 1 saturated heterocycles. The number of benzene rings is 2. The number of amides is 2. The van der Waals surface area contributed by atoms with Crippen LogP contribution in [0.2, 0.25) is 0 Å². The SMILES string of the molecule is CC(C)c1cccc(N2CC(C(=O)NCc3ccc(S(=O)(=O)N(C)C(C)C)cc3)CC2=O)c1. The molecule has 0 aromatic heterocycles. The predicted molar refractivity (Wildman–Crippen MR) is 129 cm³/mol. The van der Waals surface area contributed by atoms with Gasteiger partial charge in [0.05, 0.1) is 10.8 Å². The Hall–Kier alpha value is -2.71. The lowest BCUT2D eigenvalue weighted by Gasteiger charge is -2.21. The molecule has 0 aliphatic carbocycles. The highest BCUT2D eigenvalue weighted by Gasteiger charge is 2.35. The molecule has 1 atom stereocenters. The van der Waals surface area contributed by atoms with E-state index in [4.69, 9.17) is 0 Å². The van der Waals surface area contributed by atoms with Gasteiger partial charge in [0, 0.05) is 38.3 Å². The van der Waals surface area contributed by atoms with Crippen molar-refractivity contribution in [2.24, 2.45) is 5.92 Å². The molecule has 33 heavy (non-hydrogen) atoms. The Morgan fingerprint density at radius 3 is 2.39 bits per heavy atom. The van der Waals surface area contributed by atoms with E-state index in [-0.39, 0.29) is 35.7 Å². The van der Waals surface area contributed by atoms with Crippen molar-refractivity contribution in [3.05, 3.63) is 59.7 Å². The molecule has 1 unspecified atom stereocenters. The molecule has 0 bridgehead atoms. The number of hydrogen-bond donors (Lipinski definition) is 1. The third kappa shape index (κ3) is 5.62. The first-order valence-corrected chi connectivity index (χ1v) is 12.7. The standard InChI is InChI=1S/C25H33N3O4S/c1-17(2)20-7-6-8-22(13-20)28-16-21(14-24(28)29)25(30)26-15-19-9-11-23(12-10-19)33(31,32)27(5)18(3)4/h6-13,17-18,21H,14-16H2,1-5H3,(H,26,30). The summed E-state index contributed by atoms with van der Waals surface area (Å²) in [5.74, 6) is -0.296. The second-order valence-electron chi connectivity index (χ2n) is 9.13. The molecule has 3 rings (SSSR count). The number of anilines is 1. The maximum atomic E-state index is 12.7. The van der Waals surface area contributed by atoms with E-state index in [1.165, 1.54) is 4.31 Å². The minimum absolute atomic E-state index is 0.0557. The van der Waals surface area contributed by atoms with Crippen LogP contribution in [0.25, 0.3) is 0 Å². The second-order valence-corrected chi connectivity index (χ2v) is 11.1. The lowest BCUT2D eigenvalue weighted by molar-refractivity contribution is -0.126. The Morgan fingerprint density at radius 1 is 1.12 bits per heavy atom. The summed E-state index contributed by atoms with van der Waals surface area (Å²) >= 11 is 0. The number of sulfonamides is 1. The van der Waals surface area contributed by atoms with Gasteiger partial charge in [-0.05, 0) is 55.2 Å². The van der Waals surface area contributed by atoms with E-state index in [0.29, 0.717) is 12.5 Å². The van der Waals surface area contributed by atoms with Crippen LogP contribution in [-0.2, 0) is 26.2 Å². The predicted octanol–water partition coefficient (Wildman–Crippen LogP) is 3.51. The molecule has 0 radical (unpaired) electrons. The molecule has 1 heterocycles. The molecule has 0 saturated carbocycles. The summed E-state index contributed by atoms with van der Waals surface area (Å²) in [5, 5.41) is 2.88. The van der Waals surface area contributed by atoms with Crippen molar-refractivity contribution < 1.29 is 18.0 Å². The van der Waals surface area contributed by atoms with Crippen LogP contribution in [0.3, 0.4) is 0 Å². The molecule has 2 aromatic carbocycles. The van der Waals surface area contributed by atoms with Gasteiger partial charge < -0.3 is 10.2 Å². The van der Waals surface area contributed by atoms with Gasteiger partial charge in [0.2, 0.25) is 21.8 Å². The van der Waals surface area contributed by atoms with E-state index in [2.05, 4.69) is 19.2 Å². The third-order valence-corrected chi connectivity index (χ3v) is 8.19. The number of nitrogens with one attached hydrogen (secondary N) is 1. The molecule has 0 spiro atoms. The minimum Gasteiger partial charge on any atom is -0.352 e. The van der Waals surface area contributed by atoms with E-state index in [9.17, 15) is 18.0 Å². The summed E-state index contributed by atoms with van der Waals surface area (Å²) in [7, 11) is -1.99. The van der Waals surface area contributed by atoms with Gasteiger partial charge in [-0.25, -0.2) is 8.42 Å². The molecule has 1 aliphatic rings. The second kappa shape index (κ2) is 10.1. The zero-order valence-corrected chi connectivity index (χ0v) is 20.7. The fourth-order valence-electron chi connectivity index (χ4n) is 3.74. The number of carbonyl (C=O) groups is 2. The summed E-state index contributed by atoms with van der Waals surface area (Å²) in [5.41, 5.74) is 2.77. The summed E-state index contributed by atoms with van der Waals surface area (Å²) < 4.78 is 26.5. The first-order chi connectivity index (χ1) is 15.5. The van der Waals surface area contributed by atoms with Crippen LogP contribution in [0.4, 0.5) is 5.69 Å². The first kappa shape index (κ1) is 24.9. The fourth-order valence-corrected chi connectivity index (χ4v) is 5.11. The van der Waals surface area contributed by atoms with Crippen molar-refractivity contribution in [2.45, 2.75) is 57.5 Å². The van der Waals surface area contributed by atoms with Gasteiger partial charge in [0.1, 0.15) is 0 Å². The zero-order valence-electron chi connectivity index (χ0n) is 19.9. The van der Waals surface area contributed by atoms with Crippen molar-refractivity contribution in [2.75, 3.05) is 18.5 Å². The van der Waals surface area contributed by atoms with Crippen molar-refractivity contribution in [1.82, 2.24) is 9.62 Å². The van der Waals surface area contributed by atoms with Crippen molar-refractivity contribution >= 4 is 27.5 Å². The summed E-state index contributed by atoms with van der Waals surface area (Å²) in [6, 6.07) is 14.2. The van der Waals surface area contributed by atoms with E-state index >= 15 is 0 Å². The topological polar surface area (TPSA) is 86.8 Å². The Morgan fingerprint density at radius 2 is 1.79 bits per heavy atom. The Balaban J connectivity index is 1.60. The summed E-state index contributed by atoms with van der Waals surface area (Å²) in [6.07, 6.45) is 0.177. The number of rotatable bonds is 8. The highest BCUT2D eigenvalue weighted by molar-refractivity contribution is 7.89. The maximum absolute atomic E-state index is 12.7. The average Bonchev–Trinajstić information content (AvgIpc) is 3.18. The molecular weight excluding hydrogens is 438 g/mol. The van der Waals surface area contributed by atoms with Crippen LogP contribution in [0.5, 0.6) is 0 Å². The van der Waals surface area contributed by atoms with Crippen LogP contribution in [0.15, 0.2) is 53.4 Å². The molecule has 2 amide bonds. The number of hydrogen-bond acceptors (Lipinski definition) is 4. The molecule has 178 valence electrons. The van der Waals surface area contributed by atoms with Gasteiger partial charge in [0.25, 0.3) is 0 Å². The van der Waals surface area contributed by atoms with Crippen LogP contribution in [0, 0.1) is 5.92 Å². The van der Waals surface area contributed by atoms with Crippen LogP contribution < -0.4 is 10.2 Å². The van der Waals surface area contributed by atoms with E-state index in [1.54, 1.807) is 36.2 Å². The molecule has 2 aromatic rings. The van der Waals surface area contributed by atoms with Gasteiger partial charge in [-0.3, -0.25) is 9.59 Å². The normalized spacial score (nSPS) is 16.8. The largest absolute Gasteiger partial charge is 0.352 e. The quantitative estimate of drug-likeness (QED) is 0.638. The number of carbonyl (C=O) groups excluding carboxylic acids is 2. The van der Waals surface area contributed by atoms with E-state index in [0.717, 1.165) is 16.8 Å². The number of nitrogens with zero attached hydrogens (tertiary/aromatic N) is 2. The summed E-state index contributed by atoms with van der Waals surface area (Å²) in [6.45, 7) is 8.46. The Bertz CT molecular complexity index is 1110. The molecule has 1 fully saturated rings. The van der Waals surface area contributed by atoms with Gasteiger partial charge in [-0.15, -0.1) is 0 Å².